The predicted octanol–water partition coefficient (Wildman–Crippen LogP) is 3.97. The van der Waals surface area contributed by atoms with Crippen LogP contribution in [0.15, 0.2) is 12.1 Å². The highest BCUT2D eigenvalue weighted by atomic mass is 19.2. The molecular weight excluding hydrogens is 244 g/mol. The maximum atomic E-state index is 14.2. The summed E-state index contributed by atoms with van der Waals surface area (Å²) in [5.74, 6) is 0.596. The number of hydrogen-bond donors (Lipinski definition) is 1. The van der Waals surface area contributed by atoms with Crippen LogP contribution in [0.25, 0.3) is 0 Å². The third kappa shape index (κ3) is 2.08. The minimum atomic E-state index is -0.694. The van der Waals surface area contributed by atoms with Crippen LogP contribution in [-0.4, -0.2) is 7.05 Å². The normalized spacial score (nSPS) is 30.8. The highest BCUT2D eigenvalue weighted by molar-refractivity contribution is 5.29. The average Bonchev–Trinajstić information content (AvgIpc) is 3.02. The Balaban J connectivity index is 1.93. The molecule has 4 unspecified atom stereocenters. The standard InChI is InChI=1S/C16H21F2N/c1-9-3-6-12(15(18)14(9)17)16(19-2)13-8-10-4-5-11(13)7-10/h3,6,10-11,13,16,19H,4-5,7-8H2,1-2H3. The van der Waals surface area contributed by atoms with Crippen LogP contribution in [0.4, 0.5) is 8.78 Å². The van der Waals surface area contributed by atoms with Gasteiger partial charge < -0.3 is 5.32 Å². The molecule has 0 aliphatic heterocycles. The molecule has 2 bridgehead atoms. The number of fused-ring (bicyclic) bond motifs is 2. The first-order chi connectivity index (χ1) is 9.11. The van der Waals surface area contributed by atoms with E-state index in [4.69, 9.17) is 0 Å². The van der Waals surface area contributed by atoms with E-state index < -0.39 is 11.6 Å². The second-order valence-corrected chi connectivity index (χ2v) is 6.20. The van der Waals surface area contributed by atoms with Gasteiger partial charge in [-0.2, -0.15) is 0 Å². The van der Waals surface area contributed by atoms with Gasteiger partial charge in [0, 0.05) is 11.6 Å². The first-order valence-corrected chi connectivity index (χ1v) is 7.23. The lowest BCUT2D eigenvalue weighted by Gasteiger charge is -2.31. The maximum Gasteiger partial charge on any atom is 0.163 e. The molecule has 0 radical (unpaired) electrons. The average molecular weight is 265 g/mol. The zero-order valence-corrected chi connectivity index (χ0v) is 11.5. The molecule has 0 aromatic heterocycles. The van der Waals surface area contributed by atoms with Crippen LogP contribution in [0.3, 0.4) is 0 Å². The monoisotopic (exact) mass is 265 g/mol. The second-order valence-electron chi connectivity index (χ2n) is 6.20. The van der Waals surface area contributed by atoms with Gasteiger partial charge in [0.05, 0.1) is 0 Å². The Morgan fingerprint density at radius 3 is 2.53 bits per heavy atom. The molecule has 2 aliphatic rings. The summed E-state index contributed by atoms with van der Waals surface area (Å²) < 4.78 is 27.9. The van der Waals surface area contributed by atoms with Crippen molar-refractivity contribution in [2.75, 3.05) is 7.05 Å². The molecule has 0 heterocycles. The number of hydrogen-bond acceptors (Lipinski definition) is 1. The van der Waals surface area contributed by atoms with E-state index in [9.17, 15) is 8.78 Å². The van der Waals surface area contributed by atoms with Crippen LogP contribution in [0.2, 0.25) is 0 Å². The summed E-state index contributed by atoms with van der Waals surface area (Å²) in [4.78, 5) is 0. The Hall–Kier alpha value is -0.960. The van der Waals surface area contributed by atoms with Crippen molar-refractivity contribution in [2.24, 2.45) is 17.8 Å². The molecule has 2 saturated carbocycles. The van der Waals surface area contributed by atoms with E-state index in [1.807, 2.05) is 7.05 Å². The second kappa shape index (κ2) is 4.86. The van der Waals surface area contributed by atoms with Crippen molar-refractivity contribution in [1.82, 2.24) is 5.32 Å². The van der Waals surface area contributed by atoms with Gasteiger partial charge >= 0.3 is 0 Å². The molecule has 4 atom stereocenters. The zero-order chi connectivity index (χ0) is 13.6. The van der Waals surface area contributed by atoms with Crippen LogP contribution in [0.5, 0.6) is 0 Å². The highest BCUT2D eigenvalue weighted by Gasteiger charge is 2.43. The first-order valence-electron chi connectivity index (χ1n) is 7.23. The van der Waals surface area contributed by atoms with Crippen LogP contribution >= 0.6 is 0 Å². The predicted molar refractivity (Wildman–Crippen MR) is 71.8 cm³/mol. The van der Waals surface area contributed by atoms with E-state index in [2.05, 4.69) is 5.32 Å². The molecule has 1 aromatic rings. The molecule has 19 heavy (non-hydrogen) atoms. The highest BCUT2D eigenvalue weighted by Crippen LogP contribution is 2.52. The van der Waals surface area contributed by atoms with Gasteiger partial charge in [0.15, 0.2) is 11.6 Å². The van der Waals surface area contributed by atoms with Crippen LogP contribution < -0.4 is 5.32 Å². The molecule has 0 saturated heterocycles. The zero-order valence-electron chi connectivity index (χ0n) is 11.5. The van der Waals surface area contributed by atoms with Gasteiger partial charge in [0.2, 0.25) is 0 Å². The van der Waals surface area contributed by atoms with E-state index >= 15 is 0 Å². The van der Waals surface area contributed by atoms with Crippen molar-refractivity contribution in [3.63, 3.8) is 0 Å². The van der Waals surface area contributed by atoms with E-state index in [1.54, 1.807) is 19.1 Å². The quantitative estimate of drug-likeness (QED) is 0.872. The van der Waals surface area contributed by atoms with Gasteiger partial charge in [-0.1, -0.05) is 18.6 Å². The summed E-state index contributed by atoms with van der Waals surface area (Å²) in [6, 6.07) is 3.39. The lowest BCUT2D eigenvalue weighted by atomic mass is 9.80. The molecule has 2 fully saturated rings. The Morgan fingerprint density at radius 1 is 1.16 bits per heavy atom. The molecule has 0 spiro atoms. The van der Waals surface area contributed by atoms with Gasteiger partial charge in [-0.05, 0) is 56.6 Å². The van der Waals surface area contributed by atoms with Crippen molar-refractivity contribution in [1.29, 1.82) is 0 Å². The molecule has 3 rings (SSSR count). The molecule has 3 heteroatoms. The molecule has 104 valence electrons. The largest absolute Gasteiger partial charge is 0.313 e. The van der Waals surface area contributed by atoms with Gasteiger partial charge in [0.25, 0.3) is 0 Å². The number of aryl methyl sites for hydroxylation is 1. The van der Waals surface area contributed by atoms with Gasteiger partial charge in [0.1, 0.15) is 0 Å². The summed E-state index contributed by atoms with van der Waals surface area (Å²) in [7, 11) is 1.86. The van der Waals surface area contributed by atoms with Crippen molar-refractivity contribution in [3.8, 4) is 0 Å². The summed E-state index contributed by atoms with van der Waals surface area (Å²) in [6.07, 6.45) is 5.01. The molecule has 1 aromatic carbocycles. The molecule has 2 aliphatic carbocycles. The Bertz CT molecular complexity index is 486. The topological polar surface area (TPSA) is 12.0 Å². The van der Waals surface area contributed by atoms with Gasteiger partial charge in [-0.15, -0.1) is 0 Å². The summed E-state index contributed by atoms with van der Waals surface area (Å²) in [5.41, 5.74) is 0.882. The van der Waals surface area contributed by atoms with Crippen LogP contribution in [-0.2, 0) is 0 Å². The molecular formula is C16H21F2N. The molecule has 1 N–H and O–H groups in total. The third-order valence-corrected chi connectivity index (χ3v) is 5.17. The van der Waals surface area contributed by atoms with Crippen molar-refractivity contribution in [3.05, 3.63) is 34.9 Å². The summed E-state index contributed by atoms with van der Waals surface area (Å²) in [5, 5.41) is 3.23. The Kier molecular flexibility index (Phi) is 3.34. The minimum Gasteiger partial charge on any atom is -0.313 e. The van der Waals surface area contributed by atoms with Gasteiger partial charge in [-0.3, -0.25) is 0 Å². The number of nitrogens with one attached hydrogen (secondary N) is 1. The van der Waals surface area contributed by atoms with E-state index in [1.165, 1.54) is 19.3 Å². The van der Waals surface area contributed by atoms with Gasteiger partial charge in [-0.25, -0.2) is 8.78 Å². The lowest BCUT2D eigenvalue weighted by molar-refractivity contribution is 0.254. The van der Waals surface area contributed by atoms with Crippen molar-refractivity contribution >= 4 is 0 Å². The van der Waals surface area contributed by atoms with Crippen molar-refractivity contribution < 1.29 is 8.78 Å². The van der Waals surface area contributed by atoms with Crippen LogP contribution in [0.1, 0.15) is 42.9 Å². The summed E-state index contributed by atoms with van der Waals surface area (Å²) in [6.45, 7) is 1.61. The Morgan fingerprint density at radius 2 is 1.95 bits per heavy atom. The minimum absolute atomic E-state index is 0.0506. The fourth-order valence-corrected chi connectivity index (χ4v) is 4.20. The first kappa shape index (κ1) is 13.0. The van der Waals surface area contributed by atoms with E-state index in [0.717, 1.165) is 12.3 Å². The number of rotatable bonds is 3. The fourth-order valence-electron chi connectivity index (χ4n) is 4.20. The molecule has 1 nitrogen and oxygen atoms in total. The SMILES string of the molecule is CNC(c1ccc(C)c(F)c1F)C1CC2CCC1C2. The Labute approximate surface area is 113 Å². The lowest BCUT2D eigenvalue weighted by Crippen LogP contribution is -2.30. The third-order valence-electron chi connectivity index (χ3n) is 5.17. The summed E-state index contributed by atoms with van der Waals surface area (Å²) >= 11 is 0. The number of halogens is 2. The molecule has 0 amide bonds. The van der Waals surface area contributed by atoms with Crippen LogP contribution in [0, 0.1) is 36.3 Å². The number of benzene rings is 1. The smallest absolute Gasteiger partial charge is 0.163 e. The fraction of sp³-hybridized carbons (Fsp3) is 0.625. The van der Waals surface area contributed by atoms with Crippen molar-refractivity contribution in [2.45, 2.75) is 38.6 Å². The maximum absolute atomic E-state index is 14.2. The van der Waals surface area contributed by atoms with E-state index in [-0.39, 0.29) is 6.04 Å². The van der Waals surface area contributed by atoms with E-state index in [0.29, 0.717) is 23.0 Å².